The normalized spacial score (nSPS) is 16.4. The van der Waals surface area contributed by atoms with E-state index in [9.17, 15) is 9.90 Å². The maximum atomic E-state index is 13.0. The summed E-state index contributed by atoms with van der Waals surface area (Å²) in [5.74, 6) is 0.181. The van der Waals surface area contributed by atoms with Gasteiger partial charge in [0, 0.05) is 19.1 Å². The van der Waals surface area contributed by atoms with Gasteiger partial charge in [0.25, 0.3) is 5.91 Å². The highest BCUT2D eigenvalue weighted by Crippen LogP contribution is 2.23. The van der Waals surface area contributed by atoms with Crippen LogP contribution in [-0.2, 0) is 0 Å². The van der Waals surface area contributed by atoms with Crippen molar-refractivity contribution in [3.63, 3.8) is 0 Å². The summed E-state index contributed by atoms with van der Waals surface area (Å²) in [6.45, 7) is 8.72. The molecule has 0 spiro atoms. The molecular weight excluding hydrogens is 364 g/mol. The first kappa shape index (κ1) is 21.3. The molecule has 2 aromatic rings. The van der Waals surface area contributed by atoms with Gasteiger partial charge in [-0.15, -0.1) is 12.4 Å². The van der Waals surface area contributed by atoms with Crippen LogP contribution in [0.1, 0.15) is 55.6 Å². The fourth-order valence-electron chi connectivity index (χ4n) is 3.39. The van der Waals surface area contributed by atoms with E-state index < -0.39 is 0 Å². The molecular formula is C20H29ClN4O2. The van der Waals surface area contributed by atoms with Gasteiger partial charge in [-0.25, -0.2) is 4.68 Å². The first-order valence-corrected chi connectivity index (χ1v) is 9.42. The molecule has 6 nitrogen and oxygen atoms in total. The number of carbonyl (C=O) groups excluding carboxylic acids is 1. The van der Waals surface area contributed by atoms with Crippen LogP contribution in [-0.4, -0.2) is 51.4 Å². The first-order valence-electron chi connectivity index (χ1n) is 9.42. The molecule has 7 heteroatoms. The van der Waals surface area contributed by atoms with E-state index in [4.69, 9.17) is 0 Å². The zero-order valence-corrected chi connectivity index (χ0v) is 17.0. The summed E-state index contributed by atoms with van der Waals surface area (Å²) in [5.41, 5.74) is 2.19. The Kier molecular flexibility index (Phi) is 7.27. The van der Waals surface area contributed by atoms with E-state index in [1.54, 1.807) is 4.68 Å². The van der Waals surface area contributed by atoms with Gasteiger partial charge in [0.2, 0.25) is 0 Å². The number of carbonyl (C=O) groups is 1. The SMILES string of the molecule is CCCN(C(=O)c1nn(-c2ccc(C(C)C)cc2)cc1O)C1CCNC1.Cl. The van der Waals surface area contributed by atoms with E-state index in [1.807, 2.05) is 29.2 Å². The summed E-state index contributed by atoms with van der Waals surface area (Å²) in [4.78, 5) is 14.8. The summed E-state index contributed by atoms with van der Waals surface area (Å²) in [7, 11) is 0. The average Bonchev–Trinajstić information content (AvgIpc) is 3.29. The standard InChI is InChI=1S/C20H28N4O2.ClH/c1-4-11-23(17-9-10-21-12-17)20(26)19-18(25)13-24(22-19)16-7-5-15(6-8-16)14(2)3;/h5-8,13-14,17,21,25H,4,9-12H2,1-3H3;1H. The summed E-state index contributed by atoms with van der Waals surface area (Å²) < 4.78 is 1.57. The van der Waals surface area contributed by atoms with Crippen LogP contribution in [0.25, 0.3) is 5.69 Å². The van der Waals surface area contributed by atoms with Gasteiger partial charge in [-0.1, -0.05) is 32.9 Å². The van der Waals surface area contributed by atoms with Crippen molar-refractivity contribution in [1.29, 1.82) is 0 Å². The molecule has 1 atom stereocenters. The molecule has 1 aliphatic rings. The number of aromatic nitrogens is 2. The van der Waals surface area contributed by atoms with Crippen molar-refractivity contribution < 1.29 is 9.90 Å². The van der Waals surface area contributed by atoms with Crippen LogP contribution in [0.5, 0.6) is 5.75 Å². The Morgan fingerprint density at radius 3 is 2.63 bits per heavy atom. The number of hydrogen-bond acceptors (Lipinski definition) is 4. The smallest absolute Gasteiger partial charge is 0.278 e. The van der Waals surface area contributed by atoms with Gasteiger partial charge in [-0.3, -0.25) is 4.79 Å². The van der Waals surface area contributed by atoms with Crippen LogP contribution in [0.2, 0.25) is 0 Å². The molecule has 0 radical (unpaired) electrons. The summed E-state index contributed by atoms with van der Waals surface area (Å²) in [6.07, 6.45) is 3.32. The number of nitrogens with one attached hydrogen (secondary N) is 1. The molecule has 27 heavy (non-hydrogen) atoms. The first-order chi connectivity index (χ1) is 12.5. The molecule has 1 aromatic heterocycles. The monoisotopic (exact) mass is 392 g/mol. The molecule has 1 unspecified atom stereocenters. The van der Waals surface area contributed by atoms with Crippen molar-refractivity contribution >= 4 is 18.3 Å². The lowest BCUT2D eigenvalue weighted by molar-refractivity contribution is 0.0682. The van der Waals surface area contributed by atoms with Crippen LogP contribution < -0.4 is 5.32 Å². The Hall–Kier alpha value is -2.05. The Morgan fingerprint density at radius 2 is 2.07 bits per heavy atom. The molecule has 0 aliphatic carbocycles. The van der Waals surface area contributed by atoms with Gasteiger partial charge in [0.15, 0.2) is 11.4 Å². The van der Waals surface area contributed by atoms with Crippen molar-refractivity contribution in [3.05, 3.63) is 41.7 Å². The summed E-state index contributed by atoms with van der Waals surface area (Å²) >= 11 is 0. The topological polar surface area (TPSA) is 70.4 Å². The van der Waals surface area contributed by atoms with E-state index >= 15 is 0 Å². The Bertz CT molecular complexity index is 752. The molecule has 3 rings (SSSR count). The molecule has 1 fully saturated rings. The van der Waals surface area contributed by atoms with Crippen molar-refractivity contribution in [3.8, 4) is 11.4 Å². The lowest BCUT2D eigenvalue weighted by Gasteiger charge is -2.27. The van der Waals surface area contributed by atoms with E-state index in [-0.39, 0.29) is 35.8 Å². The fourth-order valence-corrected chi connectivity index (χ4v) is 3.39. The fraction of sp³-hybridized carbons (Fsp3) is 0.500. The number of hydrogen-bond donors (Lipinski definition) is 2. The molecule has 148 valence electrons. The molecule has 1 aromatic carbocycles. The van der Waals surface area contributed by atoms with E-state index in [1.165, 1.54) is 11.8 Å². The van der Waals surface area contributed by atoms with Crippen LogP contribution in [0, 0.1) is 0 Å². The van der Waals surface area contributed by atoms with Crippen LogP contribution in [0.4, 0.5) is 0 Å². The zero-order valence-electron chi connectivity index (χ0n) is 16.2. The minimum Gasteiger partial charge on any atom is -0.504 e. The molecule has 1 amide bonds. The summed E-state index contributed by atoms with van der Waals surface area (Å²) in [6, 6.07) is 8.18. The van der Waals surface area contributed by atoms with Gasteiger partial charge in [0.1, 0.15) is 0 Å². The van der Waals surface area contributed by atoms with Gasteiger partial charge < -0.3 is 15.3 Å². The number of aromatic hydroxyl groups is 1. The van der Waals surface area contributed by atoms with Crippen LogP contribution in [0.15, 0.2) is 30.5 Å². The highest BCUT2D eigenvalue weighted by molar-refractivity contribution is 5.95. The highest BCUT2D eigenvalue weighted by atomic mass is 35.5. The number of halogens is 1. The Labute approximate surface area is 167 Å². The predicted octanol–water partition coefficient (Wildman–Crippen LogP) is 3.34. The largest absolute Gasteiger partial charge is 0.504 e. The maximum Gasteiger partial charge on any atom is 0.278 e. The molecule has 0 bridgehead atoms. The van der Waals surface area contributed by atoms with Crippen molar-refractivity contribution in [2.24, 2.45) is 0 Å². The van der Waals surface area contributed by atoms with Gasteiger partial charge in [-0.05, 0) is 43.0 Å². The third kappa shape index (κ3) is 4.62. The molecule has 2 heterocycles. The van der Waals surface area contributed by atoms with E-state index in [2.05, 4.69) is 31.2 Å². The van der Waals surface area contributed by atoms with E-state index in [0.717, 1.165) is 31.6 Å². The third-order valence-electron chi connectivity index (χ3n) is 4.92. The minimum atomic E-state index is -0.199. The Balaban J connectivity index is 0.00000261. The molecule has 0 saturated carbocycles. The van der Waals surface area contributed by atoms with Crippen molar-refractivity contribution in [1.82, 2.24) is 20.0 Å². The molecule has 1 saturated heterocycles. The molecule has 2 N–H and O–H groups in total. The van der Waals surface area contributed by atoms with Crippen molar-refractivity contribution in [2.75, 3.05) is 19.6 Å². The maximum absolute atomic E-state index is 13.0. The highest BCUT2D eigenvalue weighted by Gasteiger charge is 2.30. The quantitative estimate of drug-likeness (QED) is 0.791. The molecule has 1 aliphatic heterocycles. The Morgan fingerprint density at radius 1 is 1.37 bits per heavy atom. The van der Waals surface area contributed by atoms with Crippen molar-refractivity contribution in [2.45, 2.75) is 45.6 Å². The van der Waals surface area contributed by atoms with Gasteiger partial charge >= 0.3 is 0 Å². The minimum absolute atomic E-state index is 0. The average molecular weight is 393 g/mol. The lowest BCUT2D eigenvalue weighted by atomic mass is 10.0. The zero-order chi connectivity index (χ0) is 18.7. The number of nitrogens with zero attached hydrogens (tertiary/aromatic N) is 3. The third-order valence-corrected chi connectivity index (χ3v) is 4.92. The van der Waals surface area contributed by atoms with Gasteiger partial charge in [0.05, 0.1) is 11.9 Å². The van der Waals surface area contributed by atoms with Gasteiger partial charge in [-0.2, -0.15) is 5.10 Å². The second kappa shape index (κ2) is 9.24. The van der Waals surface area contributed by atoms with Crippen LogP contribution in [0.3, 0.4) is 0 Å². The second-order valence-electron chi connectivity index (χ2n) is 7.20. The number of rotatable bonds is 6. The lowest BCUT2D eigenvalue weighted by Crippen LogP contribution is -2.42. The van der Waals surface area contributed by atoms with Crippen LogP contribution >= 0.6 is 12.4 Å². The predicted molar refractivity (Wildman–Crippen MR) is 109 cm³/mol. The van der Waals surface area contributed by atoms with E-state index in [0.29, 0.717) is 12.5 Å². The summed E-state index contributed by atoms with van der Waals surface area (Å²) in [5, 5.41) is 18.0. The second-order valence-corrected chi connectivity index (χ2v) is 7.20. The number of benzene rings is 1. The number of amides is 1.